The third kappa shape index (κ3) is 1.45. The van der Waals surface area contributed by atoms with E-state index in [0.29, 0.717) is 0 Å². The molecule has 0 atom stereocenters. The van der Waals surface area contributed by atoms with Gasteiger partial charge in [-0.15, -0.1) is 0 Å². The van der Waals surface area contributed by atoms with E-state index < -0.39 is 0 Å². The van der Waals surface area contributed by atoms with Crippen LogP contribution in [-0.4, -0.2) is 0 Å². The van der Waals surface area contributed by atoms with Crippen LogP contribution in [0.5, 0.6) is 0 Å². The maximum atomic E-state index is 5.51. The third-order valence-corrected chi connectivity index (χ3v) is 1.60. The van der Waals surface area contributed by atoms with E-state index in [1.165, 1.54) is 0 Å². The van der Waals surface area contributed by atoms with Gasteiger partial charge in [0.2, 0.25) is 0 Å². The van der Waals surface area contributed by atoms with Gasteiger partial charge < -0.3 is 5.73 Å². The lowest BCUT2D eigenvalue weighted by Gasteiger charge is -1.97. The Hall–Kier alpha value is -0.500. The Kier molecular flexibility index (Phi) is 1.76. The molecule has 0 aliphatic heterocycles. The molecule has 0 amide bonds. The van der Waals surface area contributed by atoms with Crippen molar-refractivity contribution in [1.82, 2.24) is 0 Å². The van der Waals surface area contributed by atoms with Crippen LogP contribution in [0.15, 0.2) is 22.7 Å². The summed E-state index contributed by atoms with van der Waals surface area (Å²) in [6.45, 7) is 3.73. The van der Waals surface area contributed by atoms with Gasteiger partial charge in [0.25, 0.3) is 0 Å². The first-order chi connectivity index (χ1) is 4.20. The minimum atomic E-state index is 0.734. The highest BCUT2D eigenvalue weighted by Crippen LogP contribution is 2.16. The molecule has 0 saturated carbocycles. The third-order valence-electron chi connectivity index (χ3n) is 1.11. The summed E-state index contributed by atoms with van der Waals surface area (Å²) in [5, 5.41) is 0. The van der Waals surface area contributed by atoms with Crippen molar-refractivity contribution in [2.75, 3.05) is 5.73 Å². The second-order valence-corrected chi connectivity index (χ2v) is 2.76. The maximum Gasteiger partial charge on any atom is 0.0347 e. The highest BCUT2D eigenvalue weighted by molar-refractivity contribution is 9.10. The van der Waals surface area contributed by atoms with Gasteiger partial charge in [-0.3, -0.25) is 0 Å². The number of halogens is 1. The summed E-state index contributed by atoms with van der Waals surface area (Å²) in [7, 11) is 0. The van der Waals surface area contributed by atoms with E-state index in [-0.39, 0.29) is 0 Å². The largest absolute Gasteiger partial charge is 0.399 e. The van der Waals surface area contributed by atoms with Crippen molar-refractivity contribution in [2.24, 2.45) is 0 Å². The molecular weight excluding hydrogens is 178 g/mol. The predicted octanol–water partition coefficient (Wildman–Crippen LogP) is 2.21. The Bertz CT molecular complexity index is 220. The number of rotatable bonds is 0. The molecule has 1 aromatic rings. The zero-order valence-electron chi connectivity index (χ0n) is 4.89. The van der Waals surface area contributed by atoms with Crippen molar-refractivity contribution in [3.8, 4) is 0 Å². The Labute approximate surface area is 63.0 Å². The first-order valence-electron chi connectivity index (χ1n) is 2.57. The van der Waals surface area contributed by atoms with E-state index >= 15 is 0 Å². The van der Waals surface area contributed by atoms with Crippen molar-refractivity contribution >= 4 is 21.6 Å². The average molecular weight is 185 g/mol. The van der Waals surface area contributed by atoms with Gasteiger partial charge in [0, 0.05) is 10.2 Å². The van der Waals surface area contributed by atoms with Crippen LogP contribution in [-0.2, 0) is 0 Å². The number of hydrogen-bond acceptors (Lipinski definition) is 1. The van der Waals surface area contributed by atoms with Gasteiger partial charge in [-0.2, -0.15) is 0 Å². The Morgan fingerprint density at radius 3 is 2.56 bits per heavy atom. The molecule has 1 rings (SSSR count). The van der Waals surface area contributed by atoms with Crippen LogP contribution in [0.25, 0.3) is 0 Å². The van der Waals surface area contributed by atoms with Crippen LogP contribution in [0, 0.1) is 6.92 Å². The van der Waals surface area contributed by atoms with Gasteiger partial charge in [0.05, 0.1) is 0 Å². The van der Waals surface area contributed by atoms with Gasteiger partial charge in [-0.1, -0.05) is 15.9 Å². The first-order valence-corrected chi connectivity index (χ1v) is 3.36. The molecule has 0 fully saturated rings. The summed E-state index contributed by atoms with van der Waals surface area (Å²) < 4.78 is 1.02. The van der Waals surface area contributed by atoms with Crippen molar-refractivity contribution in [3.63, 3.8) is 0 Å². The molecule has 1 nitrogen and oxygen atoms in total. The molecule has 0 aromatic heterocycles. The number of benzene rings is 1. The average Bonchev–Trinajstić information content (AvgIpc) is 1.80. The van der Waals surface area contributed by atoms with Crippen molar-refractivity contribution in [1.29, 1.82) is 0 Å². The smallest absolute Gasteiger partial charge is 0.0347 e. The van der Waals surface area contributed by atoms with Gasteiger partial charge in [0.1, 0.15) is 0 Å². The number of anilines is 1. The van der Waals surface area contributed by atoms with E-state index in [0.717, 1.165) is 15.7 Å². The lowest BCUT2D eigenvalue weighted by molar-refractivity contribution is 1.56. The van der Waals surface area contributed by atoms with Crippen LogP contribution in [0.2, 0.25) is 0 Å². The van der Waals surface area contributed by atoms with E-state index in [9.17, 15) is 0 Å². The van der Waals surface area contributed by atoms with E-state index in [4.69, 9.17) is 5.73 Å². The van der Waals surface area contributed by atoms with Crippen molar-refractivity contribution in [3.05, 3.63) is 35.2 Å². The van der Waals surface area contributed by atoms with E-state index in [1.807, 2.05) is 18.2 Å². The second kappa shape index (κ2) is 2.40. The molecule has 0 aliphatic rings. The molecule has 0 spiro atoms. The maximum absolute atomic E-state index is 5.51. The quantitative estimate of drug-likeness (QED) is 0.616. The van der Waals surface area contributed by atoms with Gasteiger partial charge in [-0.25, -0.2) is 0 Å². The monoisotopic (exact) mass is 184 g/mol. The molecule has 0 aliphatic carbocycles. The Balaban J connectivity index is 3.17. The van der Waals surface area contributed by atoms with Crippen molar-refractivity contribution in [2.45, 2.75) is 0 Å². The van der Waals surface area contributed by atoms with Crippen LogP contribution in [0.4, 0.5) is 5.69 Å². The molecule has 0 heterocycles. The topological polar surface area (TPSA) is 26.0 Å². The molecule has 2 N–H and O–H groups in total. The zero-order chi connectivity index (χ0) is 6.85. The fraction of sp³-hybridized carbons (Fsp3) is 0. The van der Waals surface area contributed by atoms with Crippen LogP contribution in [0.1, 0.15) is 5.56 Å². The Morgan fingerprint density at radius 1 is 1.44 bits per heavy atom. The molecular formula is C7H7BrN. The summed E-state index contributed by atoms with van der Waals surface area (Å²) in [6, 6.07) is 5.60. The number of hydrogen-bond donors (Lipinski definition) is 1. The number of nitrogens with two attached hydrogens (primary N) is 1. The summed E-state index contributed by atoms with van der Waals surface area (Å²) >= 11 is 3.30. The minimum Gasteiger partial charge on any atom is -0.399 e. The second-order valence-electron chi connectivity index (χ2n) is 1.84. The fourth-order valence-corrected chi connectivity index (χ4v) is 0.983. The van der Waals surface area contributed by atoms with Crippen LogP contribution >= 0.6 is 15.9 Å². The molecule has 47 valence electrons. The summed E-state index contributed by atoms with van der Waals surface area (Å²) in [4.78, 5) is 0. The standard InChI is InChI=1S/C7H7BrN/c1-5-4-6(8)2-3-7(5)9/h2-4H,1,9H2. The normalized spacial score (nSPS) is 9.56. The summed E-state index contributed by atoms with van der Waals surface area (Å²) in [5.74, 6) is 0. The fourth-order valence-electron chi connectivity index (χ4n) is 0.574. The van der Waals surface area contributed by atoms with Gasteiger partial charge in [0.15, 0.2) is 0 Å². The minimum absolute atomic E-state index is 0.734. The molecule has 0 bridgehead atoms. The van der Waals surface area contributed by atoms with Crippen molar-refractivity contribution < 1.29 is 0 Å². The molecule has 2 heteroatoms. The Morgan fingerprint density at radius 2 is 2.11 bits per heavy atom. The summed E-state index contributed by atoms with van der Waals surface area (Å²) in [5.41, 5.74) is 7.10. The lowest BCUT2D eigenvalue weighted by Crippen LogP contribution is -1.87. The van der Waals surface area contributed by atoms with E-state index in [1.54, 1.807) is 0 Å². The summed E-state index contributed by atoms with van der Waals surface area (Å²) in [6.07, 6.45) is 0. The van der Waals surface area contributed by atoms with Gasteiger partial charge >= 0.3 is 0 Å². The molecule has 0 unspecified atom stereocenters. The SMILES string of the molecule is [CH2]c1cc(Br)ccc1N. The molecule has 9 heavy (non-hydrogen) atoms. The highest BCUT2D eigenvalue weighted by atomic mass is 79.9. The number of nitrogen functional groups attached to an aromatic ring is 1. The first kappa shape index (κ1) is 6.62. The lowest BCUT2D eigenvalue weighted by atomic mass is 10.2. The van der Waals surface area contributed by atoms with E-state index in [2.05, 4.69) is 22.9 Å². The van der Waals surface area contributed by atoms with Crippen LogP contribution in [0.3, 0.4) is 0 Å². The highest BCUT2D eigenvalue weighted by Gasteiger charge is 1.91. The molecule has 0 saturated heterocycles. The predicted molar refractivity (Wildman–Crippen MR) is 43.0 cm³/mol. The zero-order valence-corrected chi connectivity index (χ0v) is 6.48. The van der Waals surface area contributed by atoms with Gasteiger partial charge in [-0.05, 0) is 30.7 Å². The van der Waals surface area contributed by atoms with Crippen LogP contribution < -0.4 is 5.73 Å². The molecule has 1 radical (unpaired) electrons. The molecule has 1 aromatic carbocycles.